The minimum absolute atomic E-state index is 0.0557. The molecule has 0 aliphatic heterocycles. The van der Waals surface area contributed by atoms with Crippen LogP contribution in [0.4, 0.5) is 10.1 Å². The van der Waals surface area contributed by atoms with Crippen molar-refractivity contribution in [3.63, 3.8) is 0 Å². The summed E-state index contributed by atoms with van der Waals surface area (Å²) in [5.74, 6) is -1.62. The van der Waals surface area contributed by atoms with Gasteiger partial charge < -0.3 is 16.2 Å². The minimum atomic E-state index is -0.715. The SMILES string of the molecule is NC(=O)c1cccnc1Oc1c(N)cccc1F. The Labute approximate surface area is 102 Å². The number of ether oxygens (including phenoxy) is 1. The molecule has 1 amide bonds. The van der Waals surface area contributed by atoms with Crippen molar-refractivity contribution < 1.29 is 13.9 Å². The van der Waals surface area contributed by atoms with Gasteiger partial charge >= 0.3 is 0 Å². The van der Waals surface area contributed by atoms with Crippen LogP contribution in [0.3, 0.4) is 0 Å². The molecular weight excluding hydrogens is 237 g/mol. The van der Waals surface area contributed by atoms with Gasteiger partial charge in [-0.1, -0.05) is 6.07 Å². The molecule has 0 saturated carbocycles. The van der Waals surface area contributed by atoms with Crippen LogP contribution in [0.5, 0.6) is 11.6 Å². The van der Waals surface area contributed by atoms with Gasteiger partial charge in [-0.2, -0.15) is 0 Å². The monoisotopic (exact) mass is 247 g/mol. The van der Waals surface area contributed by atoms with Crippen molar-refractivity contribution >= 4 is 11.6 Å². The van der Waals surface area contributed by atoms with Gasteiger partial charge in [0.15, 0.2) is 11.6 Å². The van der Waals surface area contributed by atoms with Crippen LogP contribution in [0.15, 0.2) is 36.5 Å². The highest BCUT2D eigenvalue weighted by molar-refractivity contribution is 5.95. The summed E-state index contributed by atoms with van der Waals surface area (Å²) in [4.78, 5) is 15.0. The molecule has 0 unspecified atom stereocenters. The summed E-state index contributed by atoms with van der Waals surface area (Å²) in [7, 11) is 0. The van der Waals surface area contributed by atoms with E-state index < -0.39 is 11.7 Å². The first-order chi connectivity index (χ1) is 8.59. The van der Waals surface area contributed by atoms with E-state index in [9.17, 15) is 9.18 Å². The molecule has 0 atom stereocenters. The molecule has 1 aromatic heterocycles. The van der Waals surface area contributed by atoms with Gasteiger partial charge in [-0.3, -0.25) is 4.79 Å². The van der Waals surface area contributed by atoms with Crippen LogP contribution in [-0.4, -0.2) is 10.9 Å². The molecule has 0 saturated heterocycles. The molecular formula is C12H10FN3O2. The number of nitrogens with two attached hydrogens (primary N) is 2. The van der Waals surface area contributed by atoms with E-state index in [4.69, 9.17) is 16.2 Å². The predicted molar refractivity (Wildman–Crippen MR) is 63.6 cm³/mol. The molecule has 4 N–H and O–H groups in total. The zero-order valence-electron chi connectivity index (χ0n) is 9.26. The maximum atomic E-state index is 13.5. The van der Waals surface area contributed by atoms with Gasteiger partial charge in [-0.25, -0.2) is 9.37 Å². The highest BCUT2D eigenvalue weighted by atomic mass is 19.1. The number of anilines is 1. The van der Waals surface area contributed by atoms with Crippen LogP contribution in [0.1, 0.15) is 10.4 Å². The molecule has 92 valence electrons. The molecule has 5 nitrogen and oxygen atoms in total. The number of aromatic nitrogens is 1. The molecule has 0 fully saturated rings. The smallest absolute Gasteiger partial charge is 0.254 e. The fourth-order valence-corrected chi connectivity index (χ4v) is 1.39. The topological polar surface area (TPSA) is 91.2 Å². The number of nitrogens with zero attached hydrogens (tertiary/aromatic N) is 1. The van der Waals surface area contributed by atoms with Crippen molar-refractivity contribution in [2.75, 3.05) is 5.73 Å². The molecule has 0 aliphatic rings. The van der Waals surface area contributed by atoms with Crippen LogP contribution in [0, 0.1) is 5.82 Å². The molecule has 1 aromatic carbocycles. The third kappa shape index (κ3) is 2.22. The van der Waals surface area contributed by atoms with Gasteiger partial charge in [-0.15, -0.1) is 0 Å². The van der Waals surface area contributed by atoms with E-state index in [0.717, 1.165) is 0 Å². The number of rotatable bonds is 3. The lowest BCUT2D eigenvalue weighted by Gasteiger charge is -2.10. The highest BCUT2D eigenvalue weighted by Crippen LogP contribution is 2.30. The van der Waals surface area contributed by atoms with Crippen molar-refractivity contribution in [1.82, 2.24) is 4.98 Å². The van der Waals surface area contributed by atoms with Crippen LogP contribution >= 0.6 is 0 Å². The maximum absolute atomic E-state index is 13.5. The van der Waals surface area contributed by atoms with Gasteiger partial charge in [0.1, 0.15) is 5.56 Å². The van der Waals surface area contributed by atoms with Gasteiger partial charge in [0.05, 0.1) is 5.69 Å². The van der Waals surface area contributed by atoms with Gasteiger partial charge in [0.2, 0.25) is 5.88 Å². The van der Waals surface area contributed by atoms with Crippen molar-refractivity contribution in [1.29, 1.82) is 0 Å². The minimum Gasteiger partial charge on any atom is -0.433 e. The number of halogens is 1. The number of hydrogen-bond acceptors (Lipinski definition) is 4. The molecule has 0 radical (unpaired) electrons. The van der Waals surface area contributed by atoms with E-state index in [0.29, 0.717) is 0 Å². The Morgan fingerprint density at radius 1 is 1.28 bits per heavy atom. The number of carbonyl (C=O) groups is 1. The third-order valence-electron chi connectivity index (χ3n) is 2.23. The summed E-state index contributed by atoms with van der Waals surface area (Å²) < 4.78 is 18.7. The molecule has 0 aliphatic carbocycles. The molecule has 2 aromatic rings. The molecule has 1 heterocycles. The molecule has 0 spiro atoms. The summed E-state index contributed by atoms with van der Waals surface area (Å²) in [5.41, 5.74) is 10.9. The Hall–Kier alpha value is -2.63. The number of para-hydroxylation sites is 1. The van der Waals surface area contributed by atoms with Gasteiger partial charge in [-0.05, 0) is 24.3 Å². The van der Waals surface area contributed by atoms with Gasteiger partial charge in [0.25, 0.3) is 5.91 Å². The van der Waals surface area contributed by atoms with Gasteiger partial charge in [0, 0.05) is 6.20 Å². The Bertz CT molecular complexity index is 581. The zero-order valence-corrected chi connectivity index (χ0v) is 9.26. The molecule has 18 heavy (non-hydrogen) atoms. The first-order valence-electron chi connectivity index (χ1n) is 5.06. The number of amides is 1. The van der Waals surface area contributed by atoms with Crippen LogP contribution in [-0.2, 0) is 0 Å². The summed E-state index contributed by atoms with van der Waals surface area (Å²) in [5, 5.41) is 0. The number of benzene rings is 1. The first-order valence-corrected chi connectivity index (χ1v) is 5.06. The van der Waals surface area contributed by atoms with Crippen molar-refractivity contribution in [3.8, 4) is 11.6 Å². The Morgan fingerprint density at radius 3 is 2.72 bits per heavy atom. The van der Waals surface area contributed by atoms with E-state index in [-0.39, 0.29) is 22.9 Å². The molecule has 0 bridgehead atoms. The van der Waals surface area contributed by atoms with E-state index in [2.05, 4.69) is 4.98 Å². The largest absolute Gasteiger partial charge is 0.433 e. The lowest BCUT2D eigenvalue weighted by molar-refractivity contribution is 0.0997. The molecule has 6 heteroatoms. The zero-order chi connectivity index (χ0) is 13.1. The number of nitrogen functional groups attached to an aromatic ring is 1. The third-order valence-corrected chi connectivity index (χ3v) is 2.23. The second-order valence-corrected chi connectivity index (χ2v) is 3.48. The van der Waals surface area contributed by atoms with E-state index in [1.165, 1.54) is 36.5 Å². The predicted octanol–water partition coefficient (Wildman–Crippen LogP) is 1.69. The van der Waals surface area contributed by atoms with Crippen LogP contribution in [0.25, 0.3) is 0 Å². The average Bonchev–Trinajstić information content (AvgIpc) is 2.34. The fraction of sp³-hybridized carbons (Fsp3) is 0. The summed E-state index contributed by atoms with van der Waals surface area (Å²) in [6.07, 6.45) is 1.40. The number of pyridine rings is 1. The number of carbonyl (C=O) groups excluding carboxylic acids is 1. The lowest BCUT2D eigenvalue weighted by atomic mass is 10.2. The maximum Gasteiger partial charge on any atom is 0.254 e. The Morgan fingerprint density at radius 2 is 2.06 bits per heavy atom. The highest BCUT2D eigenvalue weighted by Gasteiger charge is 2.14. The van der Waals surface area contributed by atoms with Crippen LogP contribution in [0.2, 0.25) is 0 Å². The Kier molecular flexibility index (Phi) is 3.09. The second kappa shape index (κ2) is 4.70. The van der Waals surface area contributed by atoms with E-state index in [1.807, 2.05) is 0 Å². The normalized spacial score (nSPS) is 10.1. The lowest BCUT2D eigenvalue weighted by Crippen LogP contribution is -2.13. The Balaban J connectivity index is 2.43. The quantitative estimate of drug-likeness (QED) is 0.807. The fourth-order valence-electron chi connectivity index (χ4n) is 1.39. The first kappa shape index (κ1) is 11.8. The van der Waals surface area contributed by atoms with Crippen molar-refractivity contribution in [2.24, 2.45) is 5.73 Å². The summed E-state index contributed by atoms with van der Waals surface area (Å²) >= 11 is 0. The van der Waals surface area contributed by atoms with E-state index >= 15 is 0 Å². The summed E-state index contributed by atoms with van der Waals surface area (Å²) in [6.45, 7) is 0. The number of hydrogen-bond donors (Lipinski definition) is 2. The molecule has 2 rings (SSSR count). The average molecular weight is 247 g/mol. The standard InChI is InChI=1S/C12H10FN3O2/c13-8-4-1-5-9(14)10(8)18-12-7(11(15)17)3-2-6-16-12/h1-6H,14H2,(H2,15,17). The van der Waals surface area contributed by atoms with Crippen molar-refractivity contribution in [3.05, 3.63) is 47.9 Å². The van der Waals surface area contributed by atoms with E-state index in [1.54, 1.807) is 0 Å². The number of primary amides is 1. The van der Waals surface area contributed by atoms with Crippen LogP contribution < -0.4 is 16.2 Å². The second-order valence-electron chi connectivity index (χ2n) is 3.48. The van der Waals surface area contributed by atoms with Crippen molar-refractivity contribution in [2.45, 2.75) is 0 Å². The summed E-state index contributed by atoms with van der Waals surface area (Å²) in [6, 6.07) is 7.08.